The molecule has 0 spiro atoms. The van der Waals surface area contributed by atoms with Crippen LogP contribution in [0.25, 0.3) is 11.1 Å². The van der Waals surface area contributed by atoms with Gasteiger partial charge in [-0.05, 0) is 34.6 Å². The fourth-order valence-corrected chi connectivity index (χ4v) is 3.87. The molecule has 2 aromatic rings. The van der Waals surface area contributed by atoms with E-state index in [1.165, 1.54) is 22.3 Å². The van der Waals surface area contributed by atoms with Crippen LogP contribution in [0.3, 0.4) is 0 Å². The minimum Gasteiger partial charge on any atom is -0.578 e. The molecule has 1 heterocycles. The first-order valence-electron chi connectivity index (χ1n) is 5.50. The van der Waals surface area contributed by atoms with Gasteiger partial charge in [-0.25, -0.2) is 0 Å². The van der Waals surface area contributed by atoms with Gasteiger partial charge in [-0.15, -0.1) is 0 Å². The number of benzene rings is 2. The van der Waals surface area contributed by atoms with Crippen molar-refractivity contribution in [1.29, 1.82) is 0 Å². The highest BCUT2D eigenvalue weighted by atomic mass is 31.1. The van der Waals surface area contributed by atoms with Crippen molar-refractivity contribution in [3.05, 3.63) is 59.7 Å². The van der Waals surface area contributed by atoms with Gasteiger partial charge in [-0.1, -0.05) is 48.5 Å². The summed E-state index contributed by atoms with van der Waals surface area (Å²) in [5.41, 5.74) is 5.55. The van der Waals surface area contributed by atoms with E-state index in [1.807, 2.05) is 0 Å². The Morgan fingerprint density at radius 1 is 0.750 bits per heavy atom. The molecule has 2 aromatic carbocycles. The first-order chi connectivity index (χ1) is 7.84. The molecule has 0 fully saturated rings. The summed E-state index contributed by atoms with van der Waals surface area (Å²) in [6.45, 7) is 0. The number of rotatable bonds is 0. The predicted molar refractivity (Wildman–Crippen MR) is 72.0 cm³/mol. The molecule has 1 aliphatic heterocycles. The number of hydrogen-bond acceptors (Lipinski definition) is 0. The third-order valence-electron chi connectivity index (χ3n) is 3.07. The second-order valence-electron chi connectivity index (χ2n) is 4.22. The van der Waals surface area contributed by atoms with Crippen LogP contribution in [0.4, 0.5) is 0 Å². The van der Waals surface area contributed by atoms with Crippen LogP contribution in [-0.4, -0.2) is 7.57 Å². The molecule has 3 radical (unpaired) electrons. The van der Waals surface area contributed by atoms with Crippen LogP contribution in [0.1, 0.15) is 11.1 Å². The van der Waals surface area contributed by atoms with Gasteiger partial charge in [0.2, 0.25) is 0 Å². The molecule has 77 valence electrons. The molecular formula is C14H12BP-. The molecule has 0 bridgehead atoms. The Balaban J connectivity index is 2.26. The Morgan fingerprint density at radius 2 is 1.19 bits per heavy atom. The van der Waals surface area contributed by atoms with E-state index in [-0.39, 0.29) is 0 Å². The summed E-state index contributed by atoms with van der Waals surface area (Å²) in [6.07, 6.45) is 2.08. The SMILES string of the molecule is [B-]P1Cc2ccccc2-c2ccccc2C1. The zero-order valence-corrected chi connectivity index (χ0v) is 9.95. The average Bonchev–Trinajstić information content (AvgIpc) is 2.44. The van der Waals surface area contributed by atoms with Crippen LogP contribution < -0.4 is 0 Å². The normalized spacial score (nSPS) is 15.1. The van der Waals surface area contributed by atoms with Gasteiger partial charge in [-0.2, -0.15) is 0 Å². The van der Waals surface area contributed by atoms with Crippen molar-refractivity contribution in [2.24, 2.45) is 0 Å². The molecule has 0 amide bonds. The highest BCUT2D eigenvalue weighted by Gasteiger charge is 2.12. The van der Waals surface area contributed by atoms with Crippen LogP contribution >= 0.6 is 7.80 Å². The average molecular weight is 222 g/mol. The Morgan fingerprint density at radius 3 is 1.69 bits per heavy atom. The summed E-state index contributed by atoms with van der Waals surface area (Å²) in [5, 5.41) is 0. The molecule has 0 atom stereocenters. The van der Waals surface area contributed by atoms with E-state index in [0.29, 0.717) is 0 Å². The molecule has 16 heavy (non-hydrogen) atoms. The lowest BCUT2D eigenvalue weighted by atomic mass is 9.97. The van der Waals surface area contributed by atoms with Crippen LogP contribution in [0.5, 0.6) is 0 Å². The molecule has 1 aliphatic rings. The first-order valence-corrected chi connectivity index (χ1v) is 7.28. The summed E-state index contributed by atoms with van der Waals surface area (Å²) in [7, 11) is 5.84. The van der Waals surface area contributed by atoms with Gasteiger partial charge in [0.05, 0.1) is 0 Å². The van der Waals surface area contributed by atoms with Gasteiger partial charge in [0.15, 0.2) is 0 Å². The topological polar surface area (TPSA) is 0 Å². The van der Waals surface area contributed by atoms with Gasteiger partial charge >= 0.3 is 0 Å². The minimum atomic E-state index is -0.391. The fourth-order valence-electron chi connectivity index (χ4n) is 2.34. The maximum Gasteiger partial charge on any atom is -0.0147 e. The first kappa shape index (κ1) is 10.1. The maximum absolute atomic E-state index is 6.23. The van der Waals surface area contributed by atoms with E-state index < -0.39 is 7.80 Å². The molecule has 0 N–H and O–H groups in total. The van der Waals surface area contributed by atoms with Crippen molar-refractivity contribution >= 4 is 15.4 Å². The van der Waals surface area contributed by atoms with E-state index in [1.54, 1.807) is 0 Å². The molecular weight excluding hydrogens is 210 g/mol. The van der Waals surface area contributed by atoms with E-state index in [9.17, 15) is 0 Å². The van der Waals surface area contributed by atoms with E-state index in [4.69, 9.17) is 7.57 Å². The predicted octanol–water partition coefficient (Wildman–Crippen LogP) is 3.93. The summed E-state index contributed by atoms with van der Waals surface area (Å²) in [6, 6.07) is 17.3. The van der Waals surface area contributed by atoms with Crippen LogP contribution in [-0.2, 0) is 12.3 Å². The van der Waals surface area contributed by atoms with E-state index >= 15 is 0 Å². The zero-order valence-electron chi connectivity index (χ0n) is 9.06. The van der Waals surface area contributed by atoms with Gasteiger partial charge in [0.1, 0.15) is 0 Å². The fraction of sp³-hybridized carbons (Fsp3) is 0.143. The molecule has 0 unspecified atom stereocenters. The van der Waals surface area contributed by atoms with Crippen LogP contribution in [0, 0.1) is 0 Å². The van der Waals surface area contributed by atoms with Gasteiger partial charge in [0, 0.05) is 0 Å². The highest BCUT2D eigenvalue weighted by molar-refractivity contribution is 7.80. The summed E-state index contributed by atoms with van der Waals surface area (Å²) in [5.74, 6) is 0. The number of hydrogen-bond donors (Lipinski definition) is 0. The largest absolute Gasteiger partial charge is 0.578 e. The quantitative estimate of drug-likeness (QED) is 0.467. The van der Waals surface area contributed by atoms with Crippen molar-refractivity contribution in [2.45, 2.75) is 12.3 Å². The lowest BCUT2D eigenvalue weighted by molar-refractivity contribution is 1.41. The van der Waals surface area contributed by atoms with Gasteiger partial charge < -0.3 is 15.4 Å². The third kappa shape index (κ3) is 1.70. The molecule has 0 aliphatic carbocycles. The Kier molecular flexibility index (Phi) is 2.57. The maximum atomic E-state index is 6.23. The second kappa shape index (κ2) is 4.07. The summed E-state index contributed by atoms with van der Waals surface area (Å²) in [4.78, 5) is 0. The van der Waals surface area contributed by atoms with E-state index in [2.05, 4.69) is 48.5 Å². The minimum absolute atomic E-state index is 0.391. The lowest BCUT2D eigenvalue weighted by Crippen LogP contribution is -1.86. The summed E-state index contributed by atoms with van der Waals surface area (Å²) < 4.78 is 0. The molecule has 0 saturated heterocycles. The van der Waals surface area contributed by atoms with Crippen molar-refractivity contribution < 1.29 is 0 Å². The Bertz CT molecular complexity index is 474. The molecule has 0 nitrogen and oxygen atoms in total. The van der Waals surface area contributed by atoms with Gasteiger partial charge in [-0.3, -0.25) is 0 Å². The molecule has 0 saturated carbocycles. The molecule has 3 rings (SSSR count). The van der Waals surface area contributed by atoms with Crippen molar-refractivity contribution in [3.63, 3.8) is 0 Å². The summed E-state index contributed by atoms with van der Waals surface area (Å²) >= 11 is 0. The highest BCUT2D eigenvalue weighted by Crippen LogP contribution is 2.46. The smallest absolute Gasteiger partial charge is 0.0147 e. The van der Waals surface area contributed by atoms with Crippen LogP contribution in [0.2, 0.25) is 0 Å². The van der Waals surface area contributed by atoms with Gasteiger partial charge in [0.25, 0.3) is 0 Å². The Labute approximate surface area is 98.8 Å². The third-order valence-corrected chi connectivity index (χ3v) is 4.57. The van der Waals surface area contributed by atoms with Crippen molar-refractivity contribution in [1.82, 2.24) is 0 Å². The molecule has 2 heteroatoms. The zero-order chi connectivity index (χ0) is 11.0. The van der Waals surface area contributed by atoms with Crippen molar-refractivity contribution in [2.75, 3.05) is 0 Å². The van der Waals surface area contributed by atoms with E-state index in [0.717, 1.165) is 12.3 Å². The molecule has 0 aromatic heterocycles. The standard InChI is InChI=1S/C14H12BP/c15-16-9-11-5-1-3-7-13(11)14-8-4-2-6-12(14)10-16/h1-8H,9-10H2/q-1. The Hall–Kier alpha value is -1.07. The second-order valence-corrected chi connectivity index (χ2v) is 6.03. The van der Waals surface area contributed by atoms with Crippen LogP contribution in [0.15, 0.2) is 48.5 Å². The van der Waals surface area contributed by atoms with Crippen molar-refractivity contribution in [3.8, 4) is 11.1 Å². The monoisotopic (exact) mass is 222 g/mol. The lowest BCUT2D eigenvalue weighted by Gasteiger charge is -2.25. The number of fused-ring (bicyclic) bond motifs is 3.